The van der Waals surface area contributed by atoms with Gasteiger partial charge in [-0.1, -0.05) is 17.7 Å². The summed E-state index contributed by atoms with van der Waals surface area (Å²) in [4.78, 5) is 16.9. The molecule has 4 rings (SSSR count). The molecule has 0 aliphatic carbocycles. The van der Waals surface area contributed by atoms with E-state index in [0.717, 1.165) is 26.2 Å². The zero-order chi connectivity index (χ0) is 16.5. The SMILES string of the molecule is Cc1ccc(N2CCN(C(=O)c3ccc4c(c3)OCO4)CC2)cc1. The molecule has 0 unspecified atom stereocenters. The number of hydrogen-bond acceptors (Lipinski definition) is 4. The number of fused-ring (bicyclic) bond motifs is 1. The molecule has 0 N–H and O–H groups in total. The van der Waals surface area contributed by atoms with Gasteiger partial charge in [0.15, 0.2) is 11.5 Å². The molecule has 2 aromatic rings. The van der Waals surface area contributed by atoms with Gasteiger partial charge in [-0.05, 0) is 37.3 Å². The van der Waals surface area contributed by atoms with E-state index >= 15 is 0 Å². The summed E-state index contributed by atoms with van der Waals surface area (Å²) in [7, 11) is 0. The normalized spacial score (nSPS) is 16.4. The fourth-order valence-electron chi connectivity index (χ4n) is 3.14. The predicted molar refractivity (Wildman–Crippen MR) is 91.9 cm³/mol. The molecule has 2 heterocycles. The number of carbonyl (C=O) groups excluding carboxylic acids is 1. The van der Waals surface area contributed by atoms with Crippen molar-refractivity contribution < 1.29 is 14.3 Å². The minimum Gasteiger partial charge on any atom is -0.454 e. The summed E-state index contributed by atoms with van der Waals surface area (Å²) >= 11 is 0. The molecular formula is C19H20N2O3. The second-order valence-corrected chi connectivity index (χ2v) is 6.18. The molecule has 5 heteroatoms. The number of carbonyl (C=O) groups is 1. The first kappa shape index (κ1) is 14.9. The highest BCUT2D eigenvalue weighted by Gasteiger charge is 2.24. The molecule has 0 radical (unpaired) electrons. The number of aryl methyl sites for hydroxylation is 1. The molecule has 5 nitrogen and oxygen atoms in total. The molecule has 1 fully saturated rings. The molecule has 24 heavy (non-hydrogen) atoms. The number of anilines is 1. The molecule has 1 saturated heterocycles. The second kappa shape index (κ2) is 6.07. The van der Waals surface area contributed by atoms with E-state index in [1.165, 1.54) is 11.3 Å². The summed E-state index contributed by atoms with van der Waals surface area (Å²) in [6.45, 7) is 5.45. The van der Waals surface area contributed by atoms with Crippen LogP contribution in [0.25, 0.3) is 0 Å². The predicted octanol–water partition coefficient (Wildman–Crippen LogP) is 2.69. The van der Waals surface area contributed by atoms with Crippen LogP contribution in [0.3, 0.4) is 0 Å². The Morgan fingerprint density at radius 2 is 1.62 bits per heavy atom. The van der Waals surface area contributed by atoms with Crippen LogP contribution in [0.1, 0.15) is 15.9 Å². The maximum Gasteiger partial charge on any atom is 0.254 e. The minimum atomic E-state index is 0.0526. The Labute approximate surface area is 141 Å². The quantitative estimate of drug-likeness (QED) is 0.852. The highest BCUT2D eigenvalue weighted by molar-refractivity contribution is 5.95. The van der Waals surface area contributed by atoms with E-state index in [1.54, 1.807) is 12.1 Å². The number of rotatable bonds is 2. The third-order valence-electron chi connectivity index (χ3n) is 4.59. The molecule has 0 saturated carbocycles. The van der Waals surface area contributed by atoms with Crippen LogP contribution in [-0.4, -0.2) is 43.8 Å². The van der Waals surface area contributed by atoms with E-state index in [4.69, 9.17) is 9.47 Å². The molecule has 2 aliphatic rings. The minimum absolute atomic E-state index is 0.0526. The Kier molecular flexibility index (Phi) is 3.76. The topological polar surface area (TPSA) is 42.0 Å². The number of ether oxygens (including phenoxy) is 2. The maximum atomic E-state index is 12.7. The Morgan fingerprint density at radius 1 is 0.917 bits per heavy atom. The number of hydrogen-bond donors (Lipinski definition) is 0. The maximum absolute atomic E-state index is 12.7. The number of benzene rings is 2. The van der Waals surface area contributed by atoms with Crippen molar-refractivity contribution >= 4 is 11.6 Å². The van der Waals surface area contributed by atoms with E-state index in [9.17, 15) is 4.79 Å². The summed E-state index contributed by atoms with van der Waals surface area (Å²) in [5, 5.41) is 0. The molecule has 2 aliphatic heterocycles. The van der Waals surface area contributed by atoms with Crippen molar-refractivity contribution in [1.29, 1.82) is 0 Å². The lowest BCUT2D eigenvalue weighted by Gasteiger charge is -2.36. The molecule has 124 valence electrons. The molecule has 0 bridgehead atoms. The first-order valence-corrected chi connectivity index (χ1v) is 8.21. The van der Waals surface area contributed by atoms with E-state index < -0.39 is 0 Å². The molecule has 1 amide bonds. The molecule has 0 aromatic heterocycles. The van der Waals surface area contributed by atoms with Gasteiger partial charge in [-0.2, -0.15) is 0 Å². The monoisotopic (exact) mass is 324 g/mol. The van der Waals surface area contributed by atoms with E-state index in [0.29, 0.717) is 17.1 Å². The van der Waals surface area contributed by atoms with Crippen LogP contribution in [0.2, 0.25) is 0 Å². The third-order valence-corrected chi connectivity index (χ3v) is 4.59. The van der Waals surface area contributed by atoms with Gasteiger partial charge in [-0.25, -0.2) is 0 Å². The van der Waals surface area contributed by atoms with Gasteiger partial charge in [0.2, 0.25) is 6.79 Å². The number of nitrogens with zero attached hydrogens (tertiary/aromatic N) is 2. The zero-order valence-corrected chi connectivity index (χ0v) is 13.7. The first-order valence-electron chi connectivity index (χ1n) is 8.21. The Morgan fingerprint density at radius 3 is 2.38 bits per heavy atom. The van der Waals surface area contributed by atoms with Crippen molar-refractivity contribution in [3.63, 3.8) is 0 Å². The summed E-state index contributed by atoms with van der Waals surface area (Å²) in [6.07, 6.45) is 0. The highest BCUT2D eigenvalue weighted by Crippen LogP contribution is 2.33. The van der Waals surface area contributed by atoms with Crippen molar-refractivity contribution in [3.8, 4) is 11.5 Å². The van der Waals surface area contributed by atoms with Crippen molar-refractivity contribution in [2.75, 3.05) is 37.9 Å². The van der Waals surface area contributed by atoms with Crippen LogP contribution < -0.4 is 14.4 Å². The Hall–Kier alpha value is -2.69. The fourth-order valence-corrected chi connectivity index (χ4v) is 3.14. The highest BCUT2D eigenvalue weighted by atomic mass is 16.7. The van der Waals surface area contributed by atoms with Crippen molar-refractivity contribution in [2.45, 2.75) is 6.92 Å². The van der Waals surface area contributed by atoms with Crippen LogP contribution >= 0.6 is 0 Å². The van der Waals surface area contributed by atoms with Crippen LogP contribution in [0.15, 0.2) is 42.5 Å². The molecule has 0 atom stereocenters. The Balaban J connectivity index is 1.42. The lowest BCUT2D eigenvalue weighted by atomic mass is 10.1. The second-order valence-electron chi connectivity index (χ2n) is 6.18. The van der Waals surface area contributed by atoms with Gasteiger partial charge in [0.1, 0.15) is 0 Å². The van der Waals surface area contributed by atoms with Gasteiger partial charge in [-0.15, -0.1) is 0 Å². The van der Waals surface area contributed by atoms with Gasteiger partial charge in [-0.3, -0.25) is 4.79 Å². The van der Waals surface area contributed by atoms with Gasteiger partial charge in [0.25, 0.3) is 5.91 Å². The summed E-state index contributed by atoms with van der Waals surface area (Å²) in [6, 6.07) is 13.9. The Bertz CT molecular complexity index is 750. The number of amides is 1. The van der Waals surface area contributed by atoms with Gasteiger partial charge in [0.05, 0.1) is 0 Å². The van der Waals surface area contributed by atoms with Crippen LogP contribution in [0, 0.1) is 6.92 Å². The standard InChI is InChI=1S/C19H20N2O3/c1-14-2-5-16(6-3-14)20-8-10-21(11-9-20)19(22)15-4-7-17-18(12-15)24-13-23-17/h2-7,12H,8-11,13H2,1H3. The van der Waals surface area contributed by atoms with Crippen molar-refractivity contribution in [2.24, 2.45) is 0 Å². The molecular weight excluding hydrogens is 304 g/mol. The van der Waals surface area contributed by atoms with Crippen LogP contribution in [0.4, 0.5) is 5.69 Å². The van der Waals surface area contributed by atoms with E-state index in [2.05, 4.69) is 36.1 Å². The summed E-state index contributed by atoms with van der Waals surface area (Å²) in [5.74, 6) is 1.41. The average molecular weight is 324 g/mol. The summed E-state index contributed by atoms with van der Waals surface area (Å²) in [5.41, 5.74) is 3.13. The number of piperazine rings is 1. The molecule has 0 spiro atoms. The van der Waals surface area contributed by atoms with Crippen molar-refractivity contribution in [3.05, 3.63) is 53.6 Å². The molecule has 2 aromatic carbocycles. The lowest BCUT2D eigenvalue weighted by molar-refractivity contribution is 0.0746. The fraction of sp³-hybridized carbons (Fsp3) is 0.316. The first-order chi connectivity index (χ1) is 11.7. The van der Waals surface area contributed by atoms with Crippen LogP contribution in [-0.2, 0) is 0 Å². The van der Waals surface area contributed by atoms with E-state index in [-0.39, 0.29) is 12.7 Å². The van der Waals surface area contributed by atoms with Gasteiger partial charge >= 0.3 is 0 Å². The lowest BCUT2D eigenvalue weighted by Crippen LogP contribution is -2.48. The summed E-state index contributed by atoms with van der Waals surface area (Å²) < 4.78 is 10.7. The van der Waals surface area contributed by atoms with E-state index in [1.807, 2.05) is 11.0 Å². The smallest absolute Gasteiger partial charge is 0.254 e. The van der Waals surface area contributed by atoms with Crippen LogP contribution in [0.5, 0.6) is 11.5 Å². The zero-order valence-electron chi connectivity index (χ0n) is 13.7. The largest absolute Gasteiger partial charge is 0.454 e. The van der Waals surface area contributed by atoms with Crippen molar-refractivity contribution in [1.82, 2.24) is 4.90 Å². The average Bonchev–Trinajstić information content (AvgIpc) is 3.09. The van der Waals surface area contributed by atoms with Gasteiger partial charge < -0.3 is 19.3 Å². The van der Waals surface area contributed by atoms with Gasteiger partial charge in [0, 0.05) is 37.4 Å². The third kappa shape index (κ3) is 2.77.